The summed E-state index contributed by atoms with van der Waals surface area (Å²) in [5, 5.41) is 6.20. The van der Waals surface area contributed by atoms with E-state index in [2.05, 4.69) is 26.6 Å². The second-order valence-corrected chi connectivity index (χ2v) is 5.81. The fraction of sp³-hybridized carbons (Fsp3) is 0.235. The highest BCUT2D eigenvalue weighted by atomic mass is 79.9. The molecule has 0 fully saturated rings. The van der Waals surface area contributed by atoms with Crippen molar-refractivity contribution in [1.29, 1.82) is 0 Å². The van der Waals surface area contributed by atoms with Crippen LogP contribution in [0.5, 0.6) is 0 Å². The van der Waals surface area contributed by atoms with E-state index in [-0.39, 0.29) is 5.91 Å². The number of amides is 1. The van der Waals surface area contributed by atoms with Gasteiger partial charge in [0.05, 0.1) is 5.56 Å². The van der Waals surface area contributed by atoms with E-state index >= 15 is 0 Å². The molecule has 110 valence electrons. The molecular weight excluding hydrogens is 328 g/mol. The maximum Gasteiger partial charge on any atom is 0.253 e. The molecule has 0 radical (unpaired) electrons. The zero-order valence-electron chi connectivity index (χ0n) is 12.2. The van der Waals surface area contributed by atoms with Gasteiger partial charge in [-0.05, 0) is 49.2 Å². The molecule has 2 N–H and O–H groups in total. The van der Waals surface area contributed by atoms with E-state index in [1.807, 2.05) is 56.3 Å². The zero-order valence-corrected chi connectivity index (χ0v) is 13.8. The zero-order chi connectivity index (χ0) is 15.2. The largest absolute Gasteiger partial charge is 0.385 e. The van der Waals surface area contributed by atoms with E-state index in [0.717, 1.165) is 27.8 Å². The predicted octanol–water partition coefficient (Wildman–Crippen LogP) is 4.12. The number of hydrogen-bond donors (Lipinski definition) is 2. The van der Waals surface area contributed by atoms with Crippen molar-refractivity contribution < 1.29 is 4.79 Å². The normalized spacial score (nSPS) is 10.2. The van der Waals surface area contributed by atoms with E-state index in [0.29, 0.717) is 12.1 Å². The Labute approximate surface area is 133 Å². The summed E-state index contributed by atoms with van der Waals surface area (Å²) >= 11 is 3.43. The summed E-state index contributed by atoms with van der Waals surface area (Å²) in [6.07, 6.45) is 0. The maximum absolute atomic E-state index is 12.3. The highest BCUT2D eigenvalue weighted by molar-refractivity contribution is 9.10. The van der Waals surface area contributed by atoms with Gasteiger partial charge in [0.1, 0.15) is 0 Å². The van der Waals surface area contributed by atoms with Gasteiger partial charge in [0.15, 0.2) is 0 Å². The average molecular weight is 347 g/mol. The van der Waals surface area contributed by atoms with Gasteiger partial charge in [0.2, 0.25) is 0 Å². The quantitative estimate of drug-likeness (QED) is 0.854. The van der Waals surface area contributed by atoms with Crippen LogP contribution in [0.4, 0.5) is 5.69 Å². The van der Waals surface area contributed by atoms with Crippen molar-refractivity contribution in [3.63, 3.8) is 0 Å². The molecule has 3 nitrogen and oxygen atoms in total. The fourth-order valence-corrected chi connectivity index (χ4v) is 2.56. The molecule has 2 aromatic rings. The predicted molar refractivity (Wildman–Crippen MR) is 90.7 cm³/mol. The van der Waals surface area contributed by atoms with Crippen molar-refractivity contribution in [2.45, 2.75) is 20.4 Å². The summed E-state index contributed by atoms with van der Waals surface area (Å²) in [6, 6.07) is 13.7. The van der Waals surface area contributed by atoms with Gasteiger partial charge >= 0.3 is 0 Å². The number of anilines is 1. The topological polar surface area (TPSA) is 41.1 Å². The van der Waals surface area contributed by atoms with E-state index < -0.39 is 0 Å². The number of halogens is 1. The van der Waals surface area contributed by atoms with Crippen LogP contribution < -0.4 is 10.6 Å². The molecule has 0 unspecified atom stereocenters. The molecule has 1 amide bonds. The third-order valence-electron chi connectivity index (χ3n) is 3.13. The Bertz CT molecular complexity index is 640. The first-order valence-electron chi connectivity index (χ1n) is 6.97. The first kappa shape index (κ1) is 15.6. The number of hydrogen-bond acceptors (Lipinski definition) is 2. The summed E-state index contributed by atoms with van der Waals surface area (Å²) in [7, 11) is 0. The lowest BCUT2D eigenvalue weighted by molar-refractivity contribution is 0.0951. The molecule has 2 aromatic carbocycles. The number of nitrogens with one attached hydrogen (secondary N) is 2. The van der Waals surface area contributed by atoms with Crippen LogP contribution in [0.25, 0.3) is 0 Å². The van der Waals surface area contributed by atoms with E-state index in [4.69, 9.17) is 0 Å². The molecule has 0 saturated carbocycles. The Morgan fingerprint density at radius 2 is 2.00 bits per heavy atom. The Hall–Kier alpha value is -1.81. The van der Waals surface area contributed by atoms with Crippen LogP contribution in [0, 0.1) is 6.92 Å². The van der Waals surface area contributed by atoms with Gasteiger partial charge in [-0.3, -0.25) is 4.79 Å². The molecule has 0 bridgehead atoms. The van der Waals surface area contributed by atoms with Crippen molar-refractivity contribution in [1.82, 2.24) is 5.32 Å². The van der Waals surface area contributed by atoms with Gasteiger partial charge in [-0.1, -0.05) is 34.1 Å². The number of aryl methyl sites for hydroxylation is 1. The lowest BCUT2D eigenvalue weighted by Gasteiger charge is -2.12. The highest BCUT2D eigenvalue weighted by Crippen LogP contribution is 2.18. The van der Waals surface area contributed by atoms with Crippen molar-refractivity contribution in [3.8, 4) is 0 Å². The molecular formula is C17H19BrN2O. The van der Waals surface area contributed by atoms with Gasteiger partial charge in [-0.2, -0.15) is 0 Å². The lowest BCUT2D eigenvalue weighted by atomic mass is 10.1. The molecule has 0 aliphatic heterocycles. The van der Waals surface area contributed by atoms with Crippen LogP contribution in [0.1, 0.15) is 28.4 Å². The molecule has 0 aromatic heterocycles. The van der Waals surface area contributed by atoms with E-state index in [1.165, 1.54) is 0 Å². The minimum Gasteiger partial charge on any atom is -0.385 e. The second-order valence-electron chi connectivity index (χ2n) is 4.89. The lowest BCUT2D eigenvalue weighted by Crippen LogP contribution is -2.24. The molecule has 4 heteroatoms. The summed E-state index contributed by atoms with van der Waals surface area (Å²) in [5.41, 5.74) is 3.76. The SMILES string of the molecule is CCNc1cc(C)ccc1C(=O)NCc1cccc(Br)c1. The Balaban J connectivity index is 2.09. The Kier molecular flexibility index (Phi) is 5.39. The first-order chi connectivity index (χ1) is 10.1. The van der Waals surface area contributed by atoms with Crippen LogP contribution in [0.3, 0.4) is 0 Å². The van der Waals surface area contributed by atoms with Gasteiger partial charge in [-0.15, -0.1) is 0 Å². The fourth-order valence-electron chi connectivity index (χ4n) is 2.12. The number of rotatable bonds is 5. The van der Waals surface area contributed by atoms with Crippen LogP contribution in [-0.4, -0.2) is 12.5 Å². The molecule has 0 atom stereocenters. The maximum atomic E-state index is 12.3. The van der Waals surface area contributed by atoms with Gasteiger partial charge in [0.25, 0.3) is 5.91 Å². The van der Waals surface area contributed by atoms with Crippen molar-refractivity contribution in [2.75, 3.05) is 11.9 Å². The molecule has 0 spiro atoms. The van der Waals surface area contributed by atoms with E-state index in [1.54, 1.807) is 0 Å². The standard InChI is InChI=1S/C17H19BrN2O/c1-3-19-16-9-12(2)7-8-15(16)17(21)20-11-13-5-4-6-14(18)10-13/h4-10,19H,3,11H2,1-2H3,(H,20,21). The average Bonchev–Trinajstić information content (AvgIpc) is 2.45. The van der Waals surface area contributed by atoms with Crippen LogP contribution in [-0.2, 0) is 6.54 Å². The summed E-state index contributed by atoms with van der Waals surface area (Å²) < 4.78 is 1.01. The van der Waals surface area contributed by atoms with Crippen molar-refractivity contribution >= 4 is 27.5 Å². The monoisotopic (exact) mass is 346 g/mol. The third kappa shape index (κ3) is 4.33. The second kappa shape index (κ2) is 7.27. The molecule has 0 aliphatic carbocycles. The Morgan fingerprint density at radius 3 is 2.71 bits per heavy atom. The van der Waals surface area contributed by atoms with Crippen LogP contribution in [0.15, 0.2) is 46.9 Å². The number of carbonyl (C=O) groups is 1. The minimum atomic E-state index is -0.0640. The number of benzene rings is 2. The Morgan fingerprint density at radius 1 is 1.19 bits per heavy atom. The van der Waals surface area contributed by atoms with Crippen molar-refractivity contribution in [2.24, 2.45) is 0 Å². The minimum absolute atomic E-state index is 0.0640. The molecule has 21 heavy (non-hydrogen) atoms. The van der Waals surface area contributed by atoms with Gasteiger partial charge in [0, 0.05) is 23.2 Å². The van der Waals surface area contributed by atoms with Gasteiger partial charge in [-0.25, -0.2) is 0 Å². The molecule has 0 saturated heterocycles. The smallest absolute Gasteiger partial charge is 0.253 e. The van der Waals surface area contributed by atoms with Crippen molar-refractivity contribution in [3.05, 3.63) is 63.6 Å². The summed E-state index contributed by atoms with van der Waals surface area (Å²) in [6.45, 7) is 5.34. The third-order valence-corrected chi connectivity index (χ3v) is 3.62. The molecule has 2 rings (SSSR count). The highest BCUT2D eigenvalue weighted by Gasteiger charge is 2.10. The molecule has 0 heterocycles. The molecule has 0 aliphatic rings. The van der Waals surface area contributed by atoms with E-state index in [9.17, 15) is 4.79 Å². The summed E-state index contributed by atoms with van der Waals surface area (Å²) in [5.74, 6) is -0.0640. The first-order valence-corrected chi connectivity index (χ1v) is 7.76. The number of carbonyl (C=O) groups excluding carboxylic acids is 1. The van der Waals surface area contributed by atoms with Gasteiger partial charge < -0.3 is 10.6 Å². The van der Waals surface area contributed by atoms with Crippen LogP contribution >= 0.6 is 15.9 Å². The summed E-state index contributed by atoms with van der Waals surface area (Å²) in [4.78, 5) is 12.3. The van der Waals surface area contributed by atoms with Crippen LogP contribution in [0.2, 0.25) is 0 Å².